The molecule has 2 aromatic heterocycles. The summed E-state index contributed by atoms with van der Waals surface area (Å²) in [7, 11) is 1.06. The molecule has 7 nitrogen and oxygen atoms in total. The van der Waals surface area contributed by atoms with Crippen LogP contribution in [0, 0.1) is 24.1 Å². The van der Waals surface area contributed by atoms with E-state index < -0.39 is 35.1 Å². The highest BCUT2D eigenvalue weighted by Crippen LogP contribution is 2.37. The van der Waals surface area contributed by atoms with Crippen molar-refractivity contribution in [2.24, 2.45) is 7.05 Å². The fourth-order valence-electron chi connectivity index (χ4n) is 2.57. The number of ether oxygens (including phenoxy) is 1. The van der Waals surface area contributed by atoms with Gasteiger partial charge in [-0.15, -0.1) is 0 Å². The number of aryl methyl sites for hydroxylation is 2. The highest BCUT2D eigenvalue weighted by atomic mass is 35.5. The minimum Gasteiger partial charge on any atom is -0.402 e. The largest absolute Gasteiger partial charge is 0.436 e. The van der Waals surface area contributed by atoms with Crippen molar-refractivity contribution in [3.63, 3.8) is 0 Å². The molecule has 0 fully saturated rings. The summed E-state index contributed by atoms with van der Waals surface area (Å²) in [5, 5.41) is 15.8. The summed E-state index contributed by atoms with van der Waals surface area (Å²) >= 11 is 5.98. The lowest BCUT2D eigenvalue weighted by atomic mass is 10.1. The van der Waals surface area contributed by atoms with Crippen molar-refractivity contribution in [1.82, 2.24) is 14.9 Å². The predicted molar refractivity (Wildman–Crippen MR) is 89.5 cm³/mol. The fourth-order valence-corrected chi connectivity index (χ4v) is 2.82. The first-order valence-corrected chi connectivity index (χ1v) is 8.11. The van der Waals surface area contributed by atoms with E-state index in [1.165, 1.54) is 25.1 Å². The van der Waals surface area contributed by atoms with Gasteiger partial charge >= 0.3 is 12.1 Å². The molecule has 0 amide bonds. The van der Waals surface area contributed by atoms with Gasteiger partial charge in [0, 0.05) is 7.05 Å². The predicted octanol–water partition coefficient (Wildman–Crippen LogP) is 4.29. The third-order valence-electron chi connectivity index (χ3n) is 3.83. The van der Waals surface area contributed by atoms with Gasteiger partial charge in [0.15, 0.2) is 5.69 Å². The van der Waals surface area contributed by atoms with Gasteiger partial charge in [0.05, 0.1) is 10.6 Å². The summed E-state index contributed by atoms with van der Waals surface area (Å²) in [4.78, 5) is 12.7. The molecule has 0 aliphatic heterocycles. The Morgan fingerprint density at radius 1 is 1.38 bits per heavy atom. The van der Waals surface area contributed by atoms with Gasteiger partial charge < -0.3 is 9.26 Å². The molecule has 0 aliphatic carbocycles. The van der Waals surface area contributed by atoms with E-state index in [0.717, 1.165) is 13.1 Å². The maximum absolute atomic E-state index is 14.2. The van der Waals surface area contributed by atoms with Gasteiger partial charge in [-0.25, -0.2) is 13.9 Å². The van der Waals surface area contributed by atoms with Gasteiger partial charge in [-0.05, 0) is 19.1 Å². The zero-order valence-corrected chi connectivity index (χ0v) is 15.4. The van der Waals surface area contributed by atoms with Gasteiger partial charge in [-0.3, -0.25) is 0 Å². The van der Waals surface area contributed by atoms with Gasteiger partial charge in [0.2, 0.25) is 5.88 Å². The summed E-state index contributed by atoms with van der Waals surface area (Å²) < 4.78 is 63.8. The molecule has 0 atom stereocenters. The van der Waals surface area contributed by atoms with Gasteiger partial charge in [0.1, 0.15) is 34.5 Å². The summed E-state index contributed by atoms with van der Waals surface area (Å²) in [6.45, 7) is 1.32. The Labute approximate surface area is 165 Å². The molecular formula is C17H9ClF4N4O3. The highest BCUT2D eigenvalue weighted by Gasteiger charge is 2.40. The molecule has 0 radical (unpaired) electrons. The molecule has 150 valence electrons. The Morgan fingerprint density at radius 2 is 2.07 bits per heavy atom. The Morgan fingerprint density at radius 3 is 2.66 bits per heavy atom. The minimum absolute atomic E-state index is 0.0787. The van der Waals surface area contributed by atoms with Gasteiger partial charge in [-0.2, -0.15) is 23.5 Å². The van der Waals surface area contributed by atoms with Crippen LogP contribution >= 0.6 is 11.6 Å². The number of aromatic nitrogens is 3. The average Bonchev–Trinajstić information content (AvgIpc) is 3.15. The topological polar surface area (TPSA) is 93.9 Å². The monoisotopic (exact) mass is 428 g/mol. The molecule has 3 aromatic rings. The van der Waals surface area contributed by atoms with Crippen molar-refractivity contribution in [3.05, 3.63) is 51.6 Å². The Bertz CT molecular complexity index is 1140. The van der Waals surface area contributed by atoms with Crippen molar-refractivity contribution in [2.75, 3.05) is 0 Å². The fraction of sp³-hybridized carbons (Fsp3) is 0.176. The number of nitrogens with zero attached hydrogens (tertiary/aromatic N) is 4. The van der Waals surface area contributed by atoms with Gasteiger partial charge in [-0.1, -0.05) is 22.8 Å². The maximum atomic E-state index is 14.2. The molecule has 0 unspecified atom stereocenters. The smallest absolute Gasteiger partial charge is 0.402 e. The third-order valence-corrected chi connectivity index (χ3v) is 4.15. The number of hydrogen-bond acceptors (Lipinski definition) is 6. The quantitative estimate of drug-likeness (QED) is 0.456. The zero-order valence-electron chi connectivity index (χ0n) is 14.6. The number of carbonyl (C=O) groups excluding carboxylic acids is 1. The first-order chi connectivity index (χ1) is 13.6. The number of alkyl halides is 3. The molecule has 12 heteroatoms. The molecule has 0 bridgehead atoms. The van der Waals surface area contributed by atoms with Crippen molar-refractivity contribution in [1.29, 1.82) is 5.26 Å². The van der Waals surface area contributed by atoms with E-state index >= 15 is 0 Å². The van der Waals surface area contributed by atoms with E-state index in [0.29, 0.717) is 4.68 Å². The lowest BCUT2D eigenvalue weighted by Crippen LogP contribution is -2.13. The summed E-state index contributed by atoms with van der Waals surface area (Å²) in [5.74, 6) is -2.87. The first-order valence-electron chi connectivity index (χ1n) is 7.73. The second-order valence-corrected chi connectivity index (χ2v) is 6.12. The molecular weight excluding hydrogens is 420 g/mol. The zero-order chi connectivity index (χ0) is 21.5. The molecule has 0 N–H and O–H groups in total. The highest BCUT2D eigenvalue weighted by molar-refractivity contribution is 6.33. The second-order valence-electron chi connectivity index (χ2n) is 5.71. The van der Waals surface area contributed by atoms with Crippen molar-refractivity contribution < 1.29 is 31.6 Å². The summed E-state index contributed by atoms with van der Waals surface area (Å²) in [5.41, 5.74) is -3.40. The molecule has 0 saturated carbocycles. The van der Waals surface area contributed by atoms with Crippen LogP contribution in [0.3, 0.4) is 0 Å². The van der Waals surface area contributed by atoms with Crippen molar-refractivity contribution >= 4 is 17.6 Å². The molecule has 2 heterocycles. The van der Waals surface area contributed by atoms with Crippen LogP contribution in [0.4, 0.5) is 17.6 Å². The number of nitriles is 1. The number of esters is 1. The average molecular weight is 429 g/mol. The molecule has 0 aliphatic rings. The number of carbonyl (C=O) groups is 1. The van der Waals surface area contributed by atoms with E-state index in [4.69, 9.17) is 26.1 Å². The second kappa shape index (κ2) is 7.21. The number of hydrogen-bond donors (Lipinski definition) is 0. The van der Waals surface area contributed by atoms with Crippen molar-refractivity contribution in [3.8, 4) is 23.2 Å². The van der Waals surface area contributed by atoms with Crippen LogP contribution in [0.2, 0.25) is 5.02 Å². The maximum Gasteiger partial charge on any atom is 0.436 e. The Balaban J connectivity index is 2.09. The minimum atomic E-state index is -4.94. The molecule has 1 aromatic carbocycles. The van der Waals surface area contributed by atoms with E-state index in [1.54, 1.807) is 0 Å². The van der Waals surface area contributed by atoms with Crippen LogP contribution in [-0.4, -0.2) is 20.9 Å². The molecule has 29 heavy (non-hydrogen) atoms. The van der Waals surface area contributed by atoms with Crippen LogP contribution in [-0.2, 0) is 13.2 Å². The number of halogens is 5. The first kappa shape index (κ1) is 20.3. The van der Waals surface area contributed by atoms with Crippen LogP contribution in [0.5, 0.6) is 5.88 Å². The van der Waals surface area contributed by atoms with Crippen LogP contribution in [0.25, 0.3) is 11.3 Å². The van der Waals surface area contributed by atoms with Crippen LogP contribution < -0.4 is 4.74 Å². The number of benzene rings is 1. The van der Waals surface area contributed by atoms with Crippen LogP contribution in [0.1, 0.15) is 27.4 Å². The molecule has 3 rings (SSSR count). The molecule has 0 saturated heterocycles. The summed E-state index contributed by atoms with van der Waals surface area (Å²) in [6.07, 6.45) is -4.94. The Hall–Kier alpha value is -3.39. The van der Waals surface area contributed by atoms with E-state index in [1.807, 2.05) is 0 Å². The van der Waals surface area contributed by atoms with E-state index in [-0.39, 0.29) is 27.6 Å². The van der Waals surface area contributed by atoms with E-state index in [2.05, 4.69) is 10.3 Å². The summed E-state index contributed by atoms with van der Waals surface area (Å²) in [6, 6.07) is 5.08. The number of rotatable bonds is 3. The lowest BCUT2D eigenvalue weighted by Gasteiger charge is -2.07. The van der Waals surface area contributed by atoms with E-state index in [9.17, 15) is 22.4 Å². The third kappa shape index (κ3) is 3.54. The SMILES string of the molecule is Cc1onc(-c2c(F)cccc2Cl)c1C(=O)Oc1c(C#N)c(C(F)(F)F)nn1C. The van der Waals surface area contributed by atoms with Crippen LogP contribution in [0.15, 0.2) is 22.7 Å². The molecule has 0 spiro atoms. The van der Waals surface area contributed by atoms with Gasteiger partial charge in [0.25, 0.3) is 0 Å². The Kier molecular flexibility index (Phi) is 5.06. The standard InChI is InChI=1S/C17H9ClF4N4O3/c1-7-11(13(25-29-7)12-9(18)4-3-5-10(12)19)16(27)28-15-8(6-23)14(17(20,21)22)24-26(15)2/h3-5H,1-2H3. The van der Waals surface area contributed by atoms with Crippen molar-refractivity contribution in [2.45, 2.75) is 13.1 Å². The normalized spacial score (nSPS) is 11.4. The lowest BCUT2D eigenvalue weighted by molar-refractivity contribution is -0.141.